The van der Waals surface area contributed by atoms with Gasteiger partial charge in [0.1, 0.15) is 0 Å². The maximum absolute atomic E-state index is 12.5. The quantitative estimate of drug-likeness (QED) is 0.847. The van der Waals surface area contributed by atoms with Gasteiger partial charge < -0.3 is 24.2 Å². The average molecular weight is 345 g/mol. The number of nitrogens with zero attached hydrogens (tertiary/aromatic N) is 1. The number of aliphatic carboxylic acids is 1. The lowest BCUT2D eigenvalue weighted by Crippen LogP contribution is -2.30. The fraction of sp³-hybridized carbons (Fsp3) is 0.467. The lowest BCUT2D eigenvalue weighted by molar-refractivity contribution is -0.141. The first-order valence-electron chi connectivity index (χ1n) is 7.10. The molecule has 0 bridgehead atoms. The van der Waals surface area contributed by atoms with E-state index in [0.717, 1.165) is 0 Å². The van der Waals surface area contributed by atoms with Gasteiger partial charge in [0.05, 0.1) is 20.1 Å². The van der Waals surface area contributed by atoms with Crippen molar-refractivity contribution in [3.63, 3.8) is 0 Å². The van der Waals surface area contributed by atoms with Gasteiger partial charge in [-0.25, -0.2) is 0 Å². The van der Waals surface area contributed by atoms with Gasteiger partial charge in [0.2, 0.25) is 5.75 Å². The van der Waals surface area contributed by atoms with E-state index in [1.807, 2.05) is 0 Å². The summed E-state index contributed by atoms with van der Waals surface area (Å²) in [4.78, 5) is 24.9. The summed E-state index contributed by atoms with van der Waals surface area (Å²) in [5.74, 6) is -2.46. The molecular weight excluding hydrogens is 328 g/mol. The number of hydrogen-bond donors (Lipinski definition) is 1. The van der Waals surface area contributed by atoms with E-state index in [4.69, 9.17) is 14.6 Å². The van der Waals surface area contributed by atoms with Crippen molar-refractivity contribution in [2.75, 3.05) is 27.3 Å². The standard InChI is InChI=1S/C15H17F2NO6/c1-22-10-5-9(6-11(23-2)12(10)24-15(16)17)13(19)18-4-3-8(7-18)14(20)21/h5-6,8,15H,3-4,7H2,1-2H3,(H,20,21). The van der Waals surface area contributed by atoms with Gasteiger partial charge in [-0.3, -0.25) is 9.59 Å². The third kappa shape index (κ3) is 3.66. The highest BCUT2D eigenvalue weighted by Crippen LogP contribution is 2.40. The number of rotatable bonds is 6. The number of likely N-dealkylation sites (tertiary alicyclic amines) is 1. The van der Waals surface area contributed by atoms with Gasteiger partial charge in [-0.1, -0.05) is 0 Å². The van der Waals surface area contributed by atoms with Gasteiger partial charge >= 0.3 is 12.6 Å². The van der Waals surface area contributed by atoms with E-state index in [9.17, 15) is 18.4 Å². The van der Waals surface area contributed by atoms with Crippen LogP contribution in [0.4, 0.5) is 8.78 Å². The molecule has 1 heterocycles. The molecular formula is C15H17F2NO6. The van der Waals surface area contributed by atoms with Crippen molar-refractivity contribution in [2.24, 2.45) is 5.92 Å². The topological polar surface area (TPSA) is 85.3 Å². The van der Waals surface area contributed by atoms with Crippen LogP contribution in [-0.4, -0.2) is 55.8 Å². The molecule has 1 aromatic rings. The molecule has 1 amide bonds. The Hall–Kier alpha value is -2.58. The predicted molar refractivity (Wildman–Crippen MR) is 77.8 cm³/mol. The van der Waals surface area contributed by atoms with Crippen molar-refractivity contribution < 1.29 is 37.7 Å². The first-order valence-corrected chi connectivity index (χ1v) is 7.10. The van der Waals surface area contributed by atoms with Crippen molar-refractivity contribution >= 4 is 11.9 Å². The zero-order valence-corrected chi connectivity index (χ0v) is 13.1. The van der Waals surface area contributed by atoms with Crippen molar-refractivity contribution in [2.45, 2.75) is 13.0 Å². The number of methoxy groups -OCH3 is 2. The number of amides is 1. The lowest BCUT2D eigenvalue weighted by Gasteiger charge is -2.19. The maximum atomic E-state index is 12.5. The molecule has 0 aliphatic carbocycles. The minimum atomic E-state index is -3.08. The van der Waals surface area contributed by atoms with Crippen molar-refractivity contribution in [1.82, 2.24) is 4.90 Å². The van der Waals surface area contributed by atoms with Crippen LogP contribution in [0.2, 0.25) is 0 Å². The summed E-state index contributed by atoms with van der Waals surface area (Å²) in [6.45, 7) is -2.69. The molecule has 7 nitrogen and oxygen atoms in total. The van der Waals surface area contributed by atoms with E-state index in [1.165, 1.54) is 31.3 Å². The molecule has 0 radical (unpaired) electrons. The van der Waals surface area contributed by atoms with Crippen LogP contribution in [0.3, 0.4) is 0 Å². The minimum Gasteiger partial charge on any atom is -0.493 e. The van der Waals surface area contributed by atoms with E-state index < -0.39 is 24.4 Å². The maximum Gasteiger partial charge on any atom is 0.387 e. The lowest BCUT2D eigenvalue weighted by atomic mass is 10.1. The number of ether oxygens (including phenoxy) is 3. The van der Waals surface area contributed by atoms with Crippen LogP contribution >= 0.6 is 0 Å². The van der Waals surface area contributed by atoms with Gasteiger partial charge in [-0.2, -0.15) is 8.78 Å². The molecule has 1 aliphatic rings. The number of alkyl halides is 2. The number of carbonyl (C=O) groups excluding carboxylic acids is 1. The molecule has 2 rings (SSSR count). The number of carbonyl (C=O) groups is 2. The smallest absolute Gasteiger partial charge is 0.387 e. The summed E-state index contributed by atoms with van der Waals surface area (Å²) in [5.41, 5.74) is 0.136. The third-order valence-electron chi connectivity index (χ3n) is 3.74. The highest BCUT2D eigenvalue weighted by atomic mass is 19.3. The Balaban J connectivity index is 2.30. The van der Waals surface area contributed by atoms with Crippen LogP contribution in [-0.2, 0) is 4.79 Å². The summed E-state index contributed by atoms with van der Waals surface area (Å²) in [5, 5.41) is 9.00. The Morgan fingerprint density at radius 2 is 1.83 bits per heavy atom. The summed E-state index contributed by atoms with van der Waals surface area (Å²) in [6.07, 6.45) is 0.363. The van der Waals surface area contributed by atoms with Crippen LogP contribution < -0.4 is 14.2 Å². The zero-order chi connectivity index (χ0) is 17.9. The Morgan fingerprint density at radius 3 is 2.25 bits per heavy atom. The van der Waals surface area contributed by atoms with E-state index in [1.54, 1.807) is 0 Å². The predicted octanol–water partition coefficient (Wildman–Crippen LogP) is 1.85. The van der Waals surface area contributed by atoms with Gasteiger partial charge in [-0.05, 0) is 18.6 Å². The molecule has 0 saturated carbocycles. The third-order valence-corrected chi connectivity index (χ3v) is 3.74. The molecule has 0 spiro atoms. The van der Waals surface area contributed by atoms with Crippen LogP contribution in [0.15, 0.2) is 12.1 Å². The molecule has 1 N–H and O–H groups in total. The van der Waals surface area contributed by atoms with Gasteiger partial charge in [-0.15, -0.1) is 0 Å². The summed E-state index contributed by atoms with van der Waals surface area (Å²) in [6, 6.07) is 2.52. The fourth-order valence-electron chi connectivity index (χ4n) is 2.54. The highest BCUT2D eigenvalue weighted by Gasteiger charge is 2.32. The molecule has 132 valence electrons. The molecule has 1 saturated heterocycles. The highest BCUT2D eigenvalue weighted by molar-refractivity contribution is 5.96. The van der Waals surface area contributed by atoms with Crippen LogP contribution in [0, 0.1) is 5.92 Å². The second kappa shape index (κ2) is 7.33. The molecule has 1 aromatic carbocycles. The normalized spacial score (nSPS) is 17.0. The number of hydrogen-bond acceptors (Lipinski definition) is 5. The summed E-state index contributed by atoms with van der Waals surface area (Å²) < 4.78 is 39.4. The number of benzene rings is 1. The van der Waals surface area contributed by atoms with Crippen molar-refractivity contribution in [3.05, 3.63) is 17.7 Å². The minimum absolute atomic E-state index is 0.0769. The SMILES string of the molecule is COc1cc(C(=O)N2CCC(C(=O)O)C2)cc(OC)c1OC(F)F. The number of halogens is 2. The molecule has 9 heteroatoms. The Morgan fingerprint density at radius 1 is 1.25 bits per heavy atom. The van der Waals surface area contributed by atoms with Gasteiger partial charge in [0.25, 0.3) is 5.91 Å². The average Bonchev–Trinajstić information content (AvgIpc) is 3.04. The van der Waals surface area contributed by atoms with Gasteiger partial charge in [0, 0.05) is 18.7 Å². The van der Waals surface area contributed by atoms with E-state index >= 15 is 0 Å². The Labute approximate surface area is 136 Å². The van der Waals surface area contributed by atoms with Crippen molar-refractivity contribution in [1.29, 1.82) is 0 Å². The molecule has 24 heavy (non-hydrogen) atoms. The summed E-state index contributed by atoms with van der Waals surface area (Å²) >= 11 is 0. The molecule has 0 aromatic heterocycles. The second-order valence-electron chi connectivity index (χ2n) is 5.16. The van der Waals surface area contributed by atoms with E-state index in [-0.39, 0.29) is 29.4 Å². The number of carboxylic acids is 1. The monoisotopic (exact) mass is 345 g/mol. The first kappa shape index (κ1) is 17.8. The van der Waals surface area contributed by atoms with Gasteiger partial charge in [0.15, 0.2) is 11.5 Å². The summed E-state index contributed by atoms with van der Waals surface area (Å²) in [7, 11) is 2.50. The molecule has 1 aliphatic heterocycles. The van der Waals surface area contributed by atoms with Crippen LogP contribution in [0.5, 0.6) is 17.2 Å². The van der Waals surface area contributed by atoms with E-state index in [0.29, 0.717) is 13.0 Å². The zero-order valence-electron chi connectivity index (χ0n) is 13.1. The molecule has 1 atom stereocenters. The van der Waals surface area contributed by atoms with Crippen LogP contribution in [0.1, 0.15) is 16.8 Å². The van der Waals surface area contributed by atoms with Crippen molar-refractivity contribution in [3.8, 4) is 17.2 Å². The second-order valence-corrected chi connectivity index (χ2v) is 5.16. The number of carboxylic acid groups (broad SMARTS) is 1. The first-order chi connectivity index (χ1) is 11.4. The largest absolute Gasteiger partial charge is 0.493 e. The fourth-order valence-corrected chi connectivity index (χ4v) is 2.54. The van der Waals surface area contributed by atoms with Crippen LogP contribution in [0.25, 0.3) is 0 Å². The molecule has 1 unspecified atom stereocenters. The molecule has 1 fully saturated rings. The van der Waals surface area contributed by atoms with E-state index in [2.05, 4.69) is 4.74 Å². The Kier molecular flexibility index (Phi) is 5.42. The Bertz CT molecular complexity index is 611.